The van der Waals surface area contributed by atoms with E-state index >= 15 is 0 Å². The second-order valence-corrected chi connectivity index (χ2v) is 7.55. The summed E-state index contributed by atoms with van der Waals surface area (Å²) in [7, 11) is 0. The predicted molar refractivity (Wildman–Crippen MR) is 102 cm³/mol. The molecule has 27 heavy (non-hydrogen) atoms. The third-order valence-electron chi connectivity index (χ3n) is 4.93. The monoisotopic (exact) mass is 374 g/mol. The third-order valence-corrected chi connectivity index (χ3v) is 4.93. The zero-order chi connectivity index (χ0) is 19.7. The Morgan fingerprint density at radius 2 is 1.41 bits per heavy atom. The first-order valence-electron chi connectivity index (χ1n) is 9.31. The summed E-state index contributed by atoms with van der Waals surface area (Å²) in [4.78, 5) is 15.4. The SMILES string of the molecule is C[C@@H]1CN(c2cc(N3C[C@H](C)O[C@@H](C)C3)c([N+](=O)[O-])cc2C#N)C[C@@H](C)O1. The molecule has 146 valence electrons. The van der Waals surface area contributed by atoms with Crippen LogP contribution < -0.4 is 9.80 Å². The molecule has 2 fully saturated rings. The van der Waals surface area contributed by atoms with Crippen molar-refractivity contribution in [3.63, 3.8) is 0 Å². The largest absolute Gasteiger partial charge is 0.372 e. The Morgan fingerprint density at radius 3 is 1.81 bits per heavy atom. The van der Waals surface area contributed by atoms with Crippen LogP contribution in [0.15, 0.2) is 12.1 Å². The molecule has 2 saturated heterocycles. The first kappa shape index (κ1) is 19.4. The maximum Gasteiger partial charge on any atom is 0.294 e. The third kappa shape index (κ3) is 4.15. The van der Waals surface area contributed by atoms with Crippen molar-refractivity contribution in [1.29, 1.82) is 5.26 Å². The molecule has 0 saturated carbocycles. The van der Waals surface area contributed by atoms with Gasteiger partial charge in [-0.05, 0) is 33.8 Å². The highest BCUT2D eigenvalue weighted by atomic mass is 16.6. The van der Waals surface area contributed by atoms with Crippen LogP contribution in [-0.2, 0) is 9.47 Å². The number of nitrogens with zero attached hydrogens (tertiary/aromatic N) is 4. The molecule has 3 rings (SSSR count). The van der Waals surface area contributed by atoms with Crippen LogP contribution in [0.4, 0.5) is 17.1 Å². The minimum Gasteiger partial charge on any atom is -0.372 e. The molecule has 0 aromatic heterocycles. The normalized spacial score (nSPS) is 28.7. The van der Waals surface area contributed by atoms with Crippen LogP contribution in [0, 0.1) is 21.4 Å². The number of rotatable bonds is 3. The maximum atomic E-state index is 11.7. The van der Waals surface area contributed by atoms with E-state index in [4.69, 9.17) is 9.47 Å². The quantitative estimate of drug-likeness (QED) is 0.593. The van der Waals surface area contributed by atoms with Crippen molar-refractivity contribution >= 4 is 17.1 Å². The van der Waals surface area contributed by atoms with Crippen molar-refractivity contribution in [3.8, 4) is 6.07 Å². The molecule has 0 spiro atoms. The van der Waals surface area contributed by atoms with E-state index in [1.807, 2.05) is 32.6 Å². The fraction of sp³-hybridized carbons (Fsp3) is 0.632. The first-order chi connectivity index (χ1) is 12.8. The number of nitro benzene ring substituents is 1. The Morgan fingerprint density at radius 1 is 0.963 bits per heavy atom. The zero-order valence-electron chi connectivity index (χ0n) is 16.2. The lowest BCUT2D eigenvalue weighted by Gasteiger charge is -2.39. The summed E-state index contributed by atoms with van der Waals surface area (Å²) >= 11 is 0. The molecule has 0 aliphatic carbocycles. The number of nitro groups is 1. The molecule has 2 heterocycles. The van der Waals surface area contributed by atoms with Gasteiger partial charge in [-0.3, -0.25) is 10.1 Å². The van der Waals surface area contributed by atoms with E-state index in [2.05, 4.69) is 11.0 Å². The molecule has 0 radical (unpaired) electrons. The van der Waals surface area contributed by atoms with Gasteiger partial charge in [0, 0.05) is 32.2 Å². The molecular weight excluding hydrogens is 348 g/mol. The second kappa shape index (κ2) is 7.71. The lowest BCUT2D eigenvalue weighted by Crippen LogP contribution is -2.47. The van der Waals surface area contributed by atoms with Crippen LogP contribution >= 0.6 is 0 Å². The first-order valence-corrected chi connectivity index (χ1v) is 9.31. The smallest absolute Gasteiger partial charge is 0.294 e. The van der Waals surface area contributed by atoms with Crippen LogP contribution in [0.3, 0.4) is 0 Å². The van der Waals surface area contributed by atoms with Crippen molar-refractivity contribution in [1.82, 2.24) is 0 Å². The van der Waals surface area contributed by atoms with Gasteiger partial charge >= 0.3 is 0 Å². The van der Waals surface area contributed by atoms with Crippen LogP contribution in [0.1, 0.15) is 33.3 Å². The highest BCUT2D eigenvalue weighted by Crippen LogP contribution is 2.37. The lowest BCUT2D eigenvalue weighted by molar-refractivity contribution is -0.384. The standard InChI is InChI=1S/C19H26N4O4/c1-12-8-21(9-13(2)26-12)17-6-18(19(23(24)25)5-16(17)7-20)22-10-14(3)27-15(4)11-22/h5-6,12-15H,8-11H2,1-4H3/t12-,13-,14+,15+/m1/s1. The predicted octanol–water partition coefficient (Wildman–Crippen LogP) is 2.69. The number of anilines is 2. The van der Waals surface area contributed by atoms with Crippen LogP contribution in [0.25, 0.3) is 0 Å². The molecule has 8 heteroatoms. The molecule has 1 aromatic rings. The molecule has 0 bridgehead atoms. The van der Waals surface area contributed by atoms with Gasteiger partial charge in [-0.2, -0.15) is 5.26 Å². The van der Waals surface area contributed by atoms with Crippen molar-refractivity contribution in [2.45, 2.75) is 52.1 Å². The highest BCUT2D eigenvalue weighted by Gasteiger charge is 2.31. The van der Waals surface area contributed by atoms with Gasteiger partial charge in [-0.1, -0.05) is 0 Å². The summed E-state index contributed by atoms with van der Waals surface area (Å²) in [5.41, 5.74) is 1.56. The molecule has 2 aliphatic rings. The summed E-state index contributed by atoms with van der Waals surface area (Å²) in [6, 6.07) is 5.34. The molecule has 4 atom stereocenters. The molecule has 1 aromatic carbocycles. The van der Waals surface area contributed by atoms with Gasteiger partial charge in [-0.25, -0.2) is 0 Å². The highest BCUT2D eigenvalue weighted by molar-refractivity contribution is 5.76. The number of nitriles is 1. The summed E-state index contributed by atoms with van der Waals surface area (Å²) in [6.07, 6.45) is 0.0245. The van der Waals surface area contributed by atoms with E-state index in [9.17, 15) is 15.4 Å². The minimum absolute atomic E-state index is 0.0177. The summed E-state index contributed by atoms with van der Waals surface area (Å²) < 4.78 is 11.6. The number of benzene rings is 1. The van der Waals surface area contributed by atoms with E-state index in [0.717, 1.165) is 5.69 Å². The van der Waals surface area contributed by atoms with Crippen molar-refractivity contribution in [3.05, 3.63) is 27.8 Å². The van der Waals surface area contributed by atoms with E-state index in [1.165, 1.54) is 6.07 Å². The Bertz CT molecular complexity index is 743. The average Bonchev–Trinajstić information content (AvgIpc) is 2.58. The van der Waals surface area contributed by atoms with E-state index in [0.29, 0.717) is 37.4 Å². The number of hydrogen-bond donors (Lipinski definition) is 0. The summed E-state index contributed by atoms with van der Waals surface area (Å²) in [6.45, 7) is 10.4. The molecular formula is C19H26N4O4. The Labute approximate surface area is 159 Å². The van der Waals surface area contributed by atoms with Gasteiger partial charge in [0.25, 0.3) is 5.69 Å². The fourth-order valence-electron chi connectivity index (χ4n) is 4.07. The number of morpholine rings is 2. The zero-order valence-corrected chi connectivity index (χ0v) is 16.2. The van der Waals surface area contributed by atoms with E-state index in [-0.39, 0.29) is 30.1 Å². The summed E-state index contributed by atoms with van der Waals surface area (Å²) in [5.74, 6) is 0. The van der Waals surface area contributed by atoms with Crippen LogP contribution in [0.5, 0.6) is 0 Å². The van der Waals surface area contributed by atoms with E-state index < -0.39 is 4.92 Å². The second-order valence-electron chi connectivity index (χ2n) is 7.55. The van der Waals surface area contributed by atoms with Crippen molar-refractivity contribution < 1.29 is 14.4 Å². The topological polar surface area (TPSA) is 91.9 Å². The molecule has 0 amide bonds. The van der Waals surface area contributed by atoms with Gasteiger partial charge in [0.05, 0.1) is 40.6 Å². The van der Waals surface area contributed by atoms with Crippen molar-refractivity contribution in [2.75, 3.05) is 36.0 Å². The van der Waals surface area contributed by atoms with Crippen LogP contribution in [-0.4, -0.2) is 55.5 Å². The Hall–Kier alpha value is -2.37. The number of ether oxygens (including phenoxy) is 2. The minimum atomic E-state index is -0.407. The van der Waals surface area contributed by atoms with Gasteiger partial charge in [0.1, 0.15) is 11.8 Å². The van der Waals surface area contributed by atoms with Gasteiger partial charge in [-0.15, -0.1) is 0 Å². The van der Waals surface area contributed by atoms with Gasteiger partial charge in [0.15, 0.2) is 0 Å². The van der Waals surface area contributed by atoms with Gasteiger partial charge in [0.2, 0.25) is 0 Å². The average molecular weight is 374 g/mol. The number of hydrogen-bond acceptors (Lipinski definition) is 7. The molecule has 2 aliphatic heterocycles. The molecule has 0 N–H and O–H groups in total. The van der Waals surface area contributed by atoms with E-state index in [1.54, 1.807) is 6.07 Å². The fourth-order valence-corrected chi connectivity index (χ4v) is 4.07. The van der Waals surface area contributed by atoms with Crippen molar-refractivity contribution in [2.24, 2.45) is 0 Å². The molecule has 8 nitrogen and oxygen atoms in total. The maximum absolute atomic E-state index is 11.7. The Balaban J connectivity index is 2.06. The molecule has 0 unspecified atom stereocenters. The lowest BCUT2D eigenvalue weighted by atomic mass is 10.1. The Kier molecular flexibility index (Phi) is 5.53. The van der Waals surface area contributed by atoms with Crippen LogP contribution in [0.2, 0.25) is 0 Å². The summed E-state index contributed by atoms with van der Waals surface area (Å²) in [5, 5.41) is 21.3. The van der Waals surface area contributed by atoms with Gasteiger partial charge < -0.3 is 19.3 Å².